The van der Waals surface area contributed by atoms with E-state index in [1.165, 1.54) is 18.2 Å². The van der Waals surface area contributed by atoms with Crippen LogP contribution in [-0.4, -0.2) is 52.7 Å². The molecular formula is C15H23FN2O3S. The fourth-order valence-corrected chi connectivity index (χ4v) is 3.92. The maximum absolute atomic E-state index is 13.1. The minimum atomic E-state index is -3.46. The van der Waals surface area contributed by atoms with Gasteiger partial charge in [-0.05, 0) is 37.1 Å². The Balaban J connectivity index is 1.86. The molecule has 0 amide bonds. The molecule has 0 bridgehead atoms. The summed E-state index contributed by atoms with van der Waals surface area (Å²) in [5.74, 6) is -0.621. The van der Waals surface area contributed by atoms with Crippen molar-refractivity contribution in [2.75, 3.05) is 33.4 Å². The highest BCUT2D eigenvalue weighted by Crippen LogP contribution is 2.16. The van der Waals surface area contributed by atoms with Gasteiger partial charge in [0.15, 0.2) is 0 Å². The molecule has 1 N–H and O–H groups in total. The Kier molecular flexibility index (Phi) is 6.31. The molecule has 5 nitrogen and oxygen atoms in total. The Morgan fingerprint density at radius 1 is 1.45 bits per heavy atom. The number of nitrogens with zero attached hydrogens (tertiary/aromatic N) is 1. The smallest absolute Gasteiger partial charge is 0.215 e. The second-order valence-corrected chi connectivity index (χ2v) is 7.37. The molecule has 124 valence electrons. The first-order valence-electron chi connectivity index (χ1n) is 7.45. The molecule has 1 aromatic rings. The van der Waals surface area contributed by atoms with Crippen LogP contribution in [0.2, 0.25) is 0 Å². The van der Waals surface area contributed by atoms with E-state index in [0.717, 1.165) is 25.9 Å². The average Bonchev–Trinajstić information content (AvgIpc) is 2.90. The van der Waals surface area contributed by atoms with Crippen molar-refractivity contribution in [3.63, 3.8) is 0 Å². The first-order valence-corrected chi connectivity index (χ1v) is 9.10. The SMILES string of the molecule is COCCN1CCC[C@H]1CNS(=O)(=O)Cc1cccc(F)c1. The molecule has 2 rings (SSSR count). The summed E-state index contributed by atoms with van der Waals surface area (Å²) in [6.07, 6.45) is 2.05. The van der Waals surface area contributed by atoms with E-state index < -0.39 is 15.8 Å². The zero-order valence-corrected chi connectivity index (χ0v) is 13.6. The molecule has 0 unspecified atom stereocenters. The zero-order valence-electron chi connectivity index (χ0n) is 12.8. The number of hydrogen-bond acceptors (Lipinski definition) is 4. The third kappa shape index (κ3) is 5.31. The Bertz CT molecular complexity index is 580. The van der Waals surface area contributed by atoms with E-state index in [9.17, 15) is 12.8 Å². The minimum absolute atomic E-state index is 0.199. The highest BCUT2D eigenvalue weighted by molar-refractivity contribution is 7.88. The molecule has 0 saturated carbocycles. The van der Waals surface area contributed by atoms with Crippen LogP contribution in [0.3, 0.4) is 0 Å². The molecule has 1 fully saturated rings. The Hall–Kier alpha value is -1.02. The first-order chi connectivity index (χ1) is 10.5. The van der Waals surface area contributed by atoms with Gasteiger partial charge < -0.3 is 4.74 Å². The zero-order chi connectivity index (χ0) is 16.0. The lowest BCUT2D eigenvalue weighted by Gasteiger charge is -2.24. The molecule has 1 aromatic carbocycles. The lowest BCUT2D eigenvalue weighted by Crippen LogP contribution is -2.41. The van der Waals surface area contributed by atoms with Crippen molar-refractivity contribution in [3.8, 4) is 0 Å². The van der Waals surface area contributed by atoms with Gasteiger partial charge in [0.25, 0.3) is 0 Å². The van der Waals surface area contributed by atoms with Gasteiger partial charge in [-0.3, -0.25) is 4.90 Å². The van der Waals surface area contributed by atoms with E-state index in [0.29, 0.717) is 18.7 Å². The van der Waals surface area contributed by atoms with Gasteiger partial charge in [0.05, 0.1) is 12.4 Å². The molecule has 22 heavy (non-hydrogen) atoms. The first kappa shape index (κ1) is 17.3. The highest BCUT2D eigenvalue weighted by Gasteiger charge is 2.25. The third-order valence-electron chi connectivity index (χ3n) is 3.87. The van der Waals surface area contributed by atoms with Crippen LogP contribution in [0.15, 0.2) is 24.3 Å². The molecule has 0 spiro atoms. The maximum Gasteiger partial charge on any atom is 0.215 e. The maximum atomic E-state index is 13.1. The van der Waals surface area contributed by atoms with Crippen molar-refractivity contribution in [3.05, 3.63) is 35.6 Å². The summed E-state index contributed by atoms with van der Waals surface area (Å²) in [5.41, 5.74) is 0.454. The average molecular weight is 330 g/mol. The number of rotatable bonds is 8. The predicted octanol–water partition coefficient (Wildman–Crippen LogP) is 1.36. The van der Waals surface area contributed by atoms with Gasteiger partial charge in [-0.1, -0.05) is 12.1 Å². The lowest BCUT2D eigenvalue weighted by molar-refractivity contribution is 0.141. The molecule has 1 aliphatic rings. The largest absolute Gasteiger partial charge is 0.383 e. The van der Waals surface area contributed by atoms with Crippen LogP contribution in [0.1, 0.15) is 18.4 Å². The van der Waals surface area contributed by atoms with E-state index >= 15 is 0 Å². The van der Waals surface area contributed by atoms with Crippen LogP contribution in [0.5, 0.6) is 0 Å². The topological polar surface area (TPSA) is 58.6 Å². The quantitative estimate of drug-likeness (QED) is 0.782. The molecule has 1 atom stereocenters. The van der Waals surface area contributed by atoms with Crippen molar-refractivity contribution in [2.24, 2.45) is 0 Å². The van der Waals surface area contributed by atoms with Crippen LogP contribution in [0.4, 0.5) is 4.39 Å². The normalized spacial score (nSPS) is 19.6. The van der Waals surface area contributed by atoms with Gasteiger partial charge in [0, 0.05) is 26.2 Å². The number of sulfonamides is 1. The highest BCUT2D eigenvalue weighted by atomic mass is 32.2. The Morgan fingerprint density at radius 3 is 3.00 bits per heavy atom. The monoisotopic (exact) mass is 330 g/mol. The molecule has 7 heteroatoms. The lowest BCUT2D eigenvalue weighted by atomic mass is 10.2. The summed E-state index contributed by atoms with van der Waals surface area (Å²) in [7, 11) is -1.80. The van der Waals surface area contributed by atoms with Crippen molar-refractivity contribution in [1.29, 1.82) is 0 Å². The molecule has 1 aliphatic heterocycles. The number of benzene rings is 1. The summed E-state index contributed by atoms with van der Waals surface area (Å²) in [4.78, 5) is 2.24. The standard InChI is InChI=1S/C15H23FN2O3S/c1-21-9-8-18-7-3-6-15(18)11-17-22(19,20)12-13-4-2-5-14(16)10-13/h2,4-5,10,15,17H,3,6-9,11-12H2,1H3/t15-/m0/s1. The number of hydrogen-bond donors (Lipinski definition) is 1. The molecule has 1 heterocycles. The van der Waals surface area contributed by atoms with Gasteiger partial charge in [0.2, 0.25) is 10.0 Å². The number of likely N-dealkylation sites (tertiary alicyclic amines) is 1. The molecular weight excluding hydrogens is 307 g/mol. The minimum Gasteiger partial charge on any atom is -0.383 e. The number of methoxy groups -OCH3 is 1. The van der Waals surface area contributed by atoms with Crippen LogP contribution < -0.4 is 4.72 Å². The van der Waals surface area contributed by atoms with E-state index in [1.807, 2.05) is 0 Å². The fraction of sp³-hybridized carbons (Fsp3) is 0.600. The van der Waals surface area contributed by atoms with E-state index in [-0.39, 0.29) is 11.8 Å². The number of nitrogens with one attached hydrogen (secondary N) is 1. The van der Waals surface area contributed by atoms with Crippen LogP contribution in [0.25, 0.3) is 0 Å². The van der Waals surface area contributed by atoms with Crippen LogP contribution in [-0.2, 0) is 20.5 Å². The van der Waals surface area contributed by atoms with Crippen LogP contribution in [0, 0.1) is 5.82 Å². The molecule has 0 aliphatic carbocycles. The Labute approximate surface area is 131 Å². The van der Waals surface area contributed by atoms with E-state index in [2.05, 4.69) is 9.62 Å². The van der Waals surface area contributed by atoms with Gasteiger partial charge >= 0.3 is 0 Å². The van der Waals surface area contributed by atoms with E-state index in [1.54, 1.807) is 13.2 Å². The molecule has 1 saturated heterocycles. The predicted molar refractivity (Wildman–Crippen MR) is 83.5 cm³/mol. The van der Waals surface area contributed by atoms with Crippen molar-refractivity contribution < 1.29 is 17.5 Å². The summed E-state index contributed by atoms with van der Waals surface area (Å²) in [5, 5.41) is 0. The van der Waals surface area contributed by atoms with Gasteiger partial charge in [-0.25, -0.2) is 17.5 Å². The summed E-state index contributed by atoms with van der Waals surface area (Å²) in [6, 6.07) is 5.89. The number of halogens is 1. The molecule has 0 radical (unpaired) electrons. The summed E-state index contributed by atoms with van der Waals surface area (Å²) >= 11 is 0. The van der Waals surface area contributed by atoms with Gasteiger partial charge in [-0.15, -0.1) is 0 Å². The number of ether oxygens (including phenoxy) is 1. The Morgan fingerprint density at radius 2 is 2.27 bits per heavy atom. The van der Waals surface area contributed by atoms with Gasteiger partial charge in [-0.2, -0.15) is 0 Å². The molecule has 0 aromatic heterocycles. The summed E-state index contributed by atoms with van der Waals surface area (Å²) in [6.45, 7) is 2.82. The second kappa shape index (κ2) is 8.01. The van der Waals surface area contributed by atoms with E-state index in [4.69, 9.17) is 4.74 Å². The van der Waals surface area contributed by atoms with Crippen molar-refractivity contribution in [1.82, 2.24) is 9.62 Å². The van der Waals surface area contributed by atoms with Crippen molar-refractivity contribution in [2.45, 2.75) is 24.6 Å². The second-order valence-electron chi connectivity index (χ2n) is 5.56. The summed E-state index contributed by atoms with van der Waals surface area (Å²) < 4.78 is 45.0. The third-order valence-corrected chi connectivity index (χ3v) is 5.19. The van der Waals surface area contributed by atoms with Crippen LogP contribution >= 0.6 is 0 Å². The van der Waals surface area contributed by atoms with Gasteiger partial charge in [0.1, 0.15) is 5.82 Å². The van der Waals surface area contributed by atoms with Crippen molar-refractivity contribution >= 4 is 10.0 Å². The fourth-order valence-electron chi connectivity index (χ4n) is 2.75.